The van der Waals surface area contributed by atoms with Gasteiger partial charge in [0.15, 0.2) is 0 Å². The van der Waals surface area contributed by atoms with Gasteiger partial charge in [0, 0.05) is 30.1 Å². The third kappa shape index (κ3) is 6.60. The van der Waals surface area contributed by atoms with E-state index in [0.717, 1.165) is 16.1 Å². The number of para-hydroxylation sites is 1. The Labute approximate surface area is 220 Å². The number of rotatable bonds is 9. The van der Waals surface area contributed by atoms with Crippen LogP contribution in [0, 0.1) is 5.82 Å². The van der Waals surface area contributed by atoms with Gasteiger partial charge in [0.1, 0.15) is 5.82 Å². The Hall–Kier alpha value is -4.57. The standard InChI is InChI=1S/C28H25FN4O4S/c1-38(36,37)33(19-22-8-2-4-10-25(22)29)23-14-12-21(13-15-23)27(34)32-26-11-5-3-9-24(26)28(35)31-18-20-7-6-16-30-17-20/h2-17H,18-19H2,1H3,(H,31,35)(H,32,34). The average molecular weight is 533 g/mol. The van der Waals surface area contributed by atoms with E-state index in [1.165, 1.54) is 42.5 Å². The molecule has 2 amide bonds. The van der Waals surface area contributed by atoms with Crippen molar-refractivity contribution in [1.82, 2.24) is 10.3 Å². The second kappa shape index (κ2) is 11.7. The number of nitrogens with one attached hydrogen (secondary N) is 2. The number of pyridine rings is 1. The molecule has 194 valence electrons. The molecule has 0 radical (unpaired) electrons. The fourth-order valence-electron chi connectivity index (χ4n) is 3.73. The molecule has 4 aromatic rings. The van der Waals surface area contributed by atoms with E-state index < -0.39 is 21.7 Å². The zero-order valence-corrected chi connectivity index (χ0v) is 21.3. The first-order chi connectivity index (χ1) is 18.2. The first kappa shape index (κ1) is 26.5. The summed E-state index contributed by atoms with van der Waals surface area (Å²) in [5, 5.41) is 5.55. The van der Waals surface area contributed by atoms with Gasteiger partial charge in [-0.3, -0.25) is 18.9 Å². The van der Waals surface area contributed by atoms with Gasteiger partial charge in [-0.1, -0.05) is 36.4 Å². The maximum absolute atomic E-state index is 14.1. The van der Waals surface area contributed by atoms with Gasteiger partial charge in [0.25, 0.3) is 11.8 Å². The van der Waals surface area contributed by atoms with Crippen LogP contribution in [0.1, 0.15) is 31.8 Å². The van der Waals surface area contributed by atoms with Gasteiger partial charge < -0.3 is 10.6 Å². The van der Waals surface area contributed by atoms with Crippen molar-refractivity contribution in [2.75, 3.05) is 15.9 Å². The SMILES string of the molecule is CS(=O)(=O)N(Cc1ccccc1F)c1ccc(C(=O)Nc2ccccc2C(=O)NCc2cccnc2)cc1. The van der Waals surface area contributed by atoms with Crippen LogP contribution in [0.3, 0.4) is 0 Å². The molecule has 4 rings (SSSR count). The molecule has 0 saturated carbocycles. The number of hydrogen-bond donors (Lipinski definition) is 2. The van der Waals surface area contributed by atoms with Crippen LogP contribution in [0.15, 0.2) is 97.3 Å². The molecule has 0 unspecified atom stereocenters. The third-order valence-corrected chi connectivity index (χ3v) is 6.83. The highest BCUT2D eigenvalue weighted by Crippen LogP contribution is 2.23. The molecule has 1 aromatic heterocycles. The van der Waals surface area contributed by atoms with Crippen molar-refractivity contribution in [1.29, 1.82) is 0 Å². The van der Waals surface area contributed by atoms with Crippen LogP contribution >= 0.6 is 0 Å². The van der Waals surface area contributed by atoms with Crippen LogP contribution in [0.25, 0.3) is 0 Å². The molecule has 0 spiro atoms. The van der Waals surface area contributed by atoms with Crippen molar-refractivity contribution < 1.29 is 22.4 Å². The van der Waals surface area contributed by atoms with E-state index in [9.17, 15) is 22.4 Å². The minimum atomic E-state index is -3.74. The molecular formula is C28H25FN4O4S. The molecule has 0 atom stereocenters. The highest BCUT2D eigenvalue weighted by molar-refractivity contribution is 7.92. The Balaban J connectivity index is 1.48. The van der Waals surface area contributed by atoms with E-state index in [1.807, 2.05) is 6.07 Å². The molecule has 0 fully saturated rings. The predicted molar refractivity (Wildman–Crippen MR) is 144 cm³/mol. The topological polar surface area (TPSA) is 108 Å². The van der Waals surface area contributed by atoms with Crippen LogP contribution in [0.2, 0.25) is 0 Å². The number of aromatic nitrogens is 1. The van der Waals surface area contributed by atoms with E-state index in [0.29, 0.717) is 5.69 Å². The molecule has 0 aliphatic rings. The second-order valence-corrected chi connectivity index (χ2v) is 10.4. The Bertz CT molecular complexity index is 1540. The third-order valence-electron chi connectivity index (χ3n) is 5.69. The summed E-state index contributed by atoms with van der Waals surface area (Å²) in [6, 6.07) is 22.0. The van der Waals surface area contributed by atoms with Gasteiger partial charge in [0.2, 0.25) is 10.0 Å². The molecule has 2 N–H and O–H groups in total. The van der Waals surface area contributed by atoms with Gasteiger partial charge in [-0.15, -0.1) is 0 Å². The minimum absolute atomic E-state index is 0.196. The van der Waals surface area contributed by atoms with Crippen molar-refractivity contribution in [3.8, 4) is 0 Å². The number of sulfonamides is 1. The van der Waals surface area contributed by atoms with Crippen LogP contribution < -0.4 is 14.9 Å². The smallest absolute Gasteiger partial charge is 0.255 e. The lowest BCUT2D eigenvalue weighted by Crippen LogP contribution is -2.29. The Morgan fingerprint density at radius 2 is 1.61 bits per heavy atom. The second-order valence-electron chi connectivity index (χ2n) is 8.45. The zero-order valence-electron chi connectivity index (χ0n) is 20.5. The number of carbonyl (C=O) groups excluding carboxylic acids is 2. The molecule has 38 heavy (non-hydrogen) atoms. The lowest BCUT2D eigenvalue weighted by molar-refractivity contribution is 0.0951. The van der Waals surface area contributed by atoms with E-state index in [-0.39, 0.29) is 41.4 Å². The minimum Gasteiger partial charge on any atom is -0.348 e. The summed E-state index contributed by atoms with van der Waals surface area (Å²) in [5.74, 6) is -1.36. The van der Waals surface area contributed by atoms with E-state index >= 15 is 0 Å². The number of amides is 2. The molecule has 0 aliphatic carbocycles. The normalized spacial score (nSPS) is 11.0. The number of carbonyl (C=O) groups is 2. The van der Waals surface area contributed by atoms with Crippen LogP contribution in [-0.4, -0.2) is 31.5 Å². The Kier molecular flexibility index (Phi) is 8.12. The van der Waals surface area contributed by atoms with Crippen molar-refractivity contribution in [2.24, 2.45) is 0 Å². The average Bonchev–Trinajstić information content (AvgIpc) is 2.91. The van der Waals surface area contributed by atoms with E-state index in [2.05, 4.69) is 15.6 Å². The first-order valence-electron chi connectivity index (χ1n) is 11.6. The predicted octanol–water partition coefficient (Wildman–Crippen LogP) is 4.37. The molecule has 1 heterocycles. The van der Waals surface area contributed by atoms with Crippen LogP contribution in [0.4, 0.5) is 15.8 Å². The summed E-state index contributed by atoms with van der Waals surface area (Å²) < 4.78 is 40.1. The van der Waals surface area contributed by atoms with Crippen molar-refractivity contribution in [3.63, 3.8) is 0 Å². The lowest BCUT2D eigenvalue weighted by Gasteiger charge is -2.23. The maximum Gasteiger partial charge on any atom is 0.255 e. The number of benzene rings is 3. The summed E-state index contributed by atoms with van der Waals surface area (Å²) in [5.41, 5.74) is 2.19. The number of halogens is 1. The van der Waals surface area contributed by atoms with Crippen LogP contribution in [-0.2, 0) is 23.1 Å². The lowest BCUT2D eigenvalue weighted by atomic mass is 10.1. The van der Waals surface area contributed by atoms with Gasteiger partial charge in [-0.2, -0.15) is 0 Å². The highest BCUT2D eigenvalue weighted by Gasteiger charge is 2.20. The van der Waals surface area contributed by atoms with Gasteiger partial charge in [-0.05, 0) is 54.1 Å². The summed E-state index contributed by atoms with van der Waals surface area (Å²) >= 11 is 0. The summed E-state index contributed by atoms with van der Waals surface area (Å²) in [6.45, 7) is 0.0821. The van der Waals surface area contributed by atoms with Crippen LogP contribution in [0.5, 0.6) is 0 Å². The molecule has 3 aromatic carbocycles. The summed E-state index contributed by atoms with van der Waals surface area (Å²) in [6.07, 6.45) is 4.33. The number of hydrogen-bond acceptors (Lipinski definition) is 5. The van der Waals surface area contributed by atoms with Gasteiger partial charge in [-0.25, -0.2) is 12.8 Å². The first-order valence-corrected chi connectivity index (χ1v) is 13.5. The largest absolute Gasteiger partial charge is 0.348 e. The monoisotopic (exact) mass is 532 g/mol. The highest BCUT2D eigenvalue weighted by atomic mass is 32.2. The molecule has 8 nitrogen and oxygen atoms in total. The van der Waals surface area contributed by atoms with Crippen molar-refractivity contribution >= 4 is 33.2 Å². The zero-order chi connectivity index (χ0) is 27.1. The van der Waals surface area contributed by atoms with E-state index in [4.69, 9.17) is 0 Å². The molecule has 0 saturated heterocycles. The van der Waals surface area contributed by atoms with Crippen molar-refractivity contribution in [3.05, 3.63) is 125 Å². The molecule has 0 aliphatic heterocycles. The van der Waals surface area contributed by atoms with Gasteiger partial charge >= 0.3 is 0 Å². The molecule has 0 bridgehead atoms. The number of nitrogens with zero attached hydrogens (tertiary/aromatic N) is 2. The van der Waals surface area contributed by atoms with Crippen molar-refractivity contribution in [2.45, 2.75) is 13.1 Å². The van der Waals surface area contributed by atoms with E-state index in [1.54, 1.807) is 48.8 Å². The Morgan fingerprint density at radius 3 is 2.29 bits per heavy atom. The summed E-state index contributed by atoms with van der Waals surface area (Å²) in [7, 11) is -3.74. The maximum atomic E-state index is 14.1. The Morgan fingerprint density at radius 1 is 0.895 bits per heavy atom. The summed E-state index contributed by atoms with van der Waals surface area (Å²) in [4.78, 5) is 29.7. The fourth-order valence-corrected chi connectivity index (χ4v) is 4.60. The molecular weight excluding hydrogens is 507 g/mol. The fraction of sp³-hybridized carbons (Fsp3) is 0.107. The molecule has 10 heteroatoms. The quantitative estimate of drug-likeness (QED) is 0.333. The number of anilines is 2. The van der Waals surface area contributed by atoms with Gasteiger partial charge in [0.05, 0.1) is 29.7 Å².